The van der Waals surface area contributed by atoms with Gasteiger partial charge in [0.15, 0.2) is 0 Å². The van der Waals surface area contributed by atoms with Crippen molar-refractivity contribution in [3.05, 3.63) is 95.1 Å². The SMILES string of the molecule is CCCOc1ccccc1N1C(=O)C2[C@H](C1=O)C1c3ccccc3C2(CC)c2ccccc21. The van der Waals surface area contributed by atoms with E-state index < -0.39 is 17.3 Å². The molecule has 0 spiro atoms. The molecule has 3 aliphatic carbocycles. The van der Waals surface area contributed by atoms with Crippen LogP contribution in [0, 0.1) is 11.8 Å². The Morgan fingerprint density at radius 2 is 1.42 bits per heavy atom. The summed E-state index contributed by atoms with van der Waals surface area (Å²) in [5, 5.41) is 0. The average Bonchev–Trinajstić information content (AvgIpc) is 3.13. The molecule has 166 valence electrons. The highest BCUT2D eigenvalue weighted by Gasteiger charge is 2.67. The number of nitrogens with zero attached hydrogens (tertiary/aromatic N) is 1. The zero-order valence-corrected chi connectivity index (χ0v) is 19.0. The number of rotatable bonds is 5. The number of benzene rings is 3. The highest BCUT2D eigenvalue weighted by molar-refractivity contribution is 6.24. The van der Waals surface area contributed by atoms with Crippen molar-refractivity contribution in [3.63, 3.8) is 0 Å². The third-order valence-electron chi connectivity index (χ3n) is 7.92. The summed E-state index contributed by atoms with van der Waals surface area (Å²) in [7, 11) is 0. The molecular formula is C29H27NO3. The van der Waals surface area contributed by atoms with Crippen LogP contribution in [-0.4, -0.2) is 18.4 Å². The maximum Gasteiger partial charge on any atom is 0.239 e. The van der Waals surface area contributed by atoms with E-state index in [4.69, 9.17) is 4.74 Å². The van der Waals surface area contributed by atoms with Crippen LogP contribution >= 0.6 is 0 Å². The molecule has 2 amide bonds. The number of para-hydroxylation sites is 2. The Labute approximate surface area is 194 Å². The predicted octanol–water partition coefficient (Wildman–Crippen LogP) is 5.44. The van der Waals surface area contributed by atoms with Crippen molar-refractivity contribution in [2.75, 3.05) is 11.5 Å². The molecule has 3 aromatic carbocycles. The third kappa shape index (κ3) is 2.47. The number of carbonyl (C=O) groups excluding carboxylic acids is 2. The highest BCUT2D eigenvalue weighted by atomic mass is 16.5. The fourth-order valence-electron chi connectivity index (χ4n) is 6.74. The van der Waals surface area contributed by atoms with Crippen LogP contribution < -0.4 is 9.64 Å². The lowest BCUT2D eigenvalue weighted by molar-refractivity contribution is -0.123. The van der Waals surface area contributed by atoms with Crippen LogP contribution in [0.3, 0.4) is 0 Å². The second kappa shape index (κ2) is 7.31. The lowest BCUT2D eigenvalue weighted by atomic mass is 9.46. The molecule has 1 aliphatic heterocycles. The van der Waals surface area contributed by atoms with Gasteiger partial charge in [0.1, 0.15) is 5.75 Å². The van der Waals surface area contributed by atoms with Crippen molar-refractivity contribution < 1.29 is 14.3 Å². The maximum atomic E-state index is 14.2. The van der Waals surface area contributed by atoms with E-state index in [-0.39, 0.29) is 17.7 Å². The average molecular weight is 438 g/mol. The minimum Gasteiger partial charge on any atom is -0.491 e. The van der Waals surface area contributed by atoms with Gasteiger partial charge in [0.25, 0.3) is 0 Å². The topological polar surface area (TPSA) is 46.6 Å². The molecule has 2 atom stereocenters. The number of imide groups is 1. The number of anilines is 1. The van der Waals surface area contributed by atoms with Crippen LogP contribution in [0.4, 0.5) is 5.69 Å². The first-order valence-corrected chi connectivity index (χ1v) is 11.9. The number of hydrogen-bond acceptors (Lipinski definition) is 3. The van der Waals surface area contributed by atoms with E-state index in [9.17, 15) is 9.59 Å². The minimum atomic E-state index is -0.507. The second-order valence-corrected chi connectivity index (χ2v) is 9.31. The summed E-state index contributed by atoms with van der Waals surface area (Å²) >= 11 is 0. The molecule has 33 heavy (non-hydrogen) atoms. The minimum absolute atomic E-state index is 0.103. The molecule has 3 aromatic rings. The van der Waals surface area contributed by atoms with Crippen LogP contribution in [0.5, 0.6) is 5.75 Å². The Kier molecular flexibility index (Phi) is 4.48. The molecule has 2 bridgehead atoms. The normalized spacial score (nSPS) is 26.7. The summed E-state index contributed by atoms with van der Waals surface area (Å²) < 4.78 is 5.95. The summed E-state index contributed by atoms with van der Waals surface area (Å²) in [4.78, 5) is 29.7. The van der Waals surface area contributed by atoms with Crippen LogP contribution in [0.15, 0.2) is 72.8 Å². The van der Waals surface area contributed by atoms with Gasteiger partial charge in [-0.05, 0) is 47.2 Å². The van der Waals surface area contributed by atoms with E-state index in [0.29, 0.717) is 18.0 Å². The lowest BCUT2D eigenvalue weighted by Gasteiger charge is -2.54. The second-order valence-electron chi connectivity index (χ2n) is 9.31. The Balaban J connectivity index is 1.58. The van der Waals surface area contributed by atoms with Gasteiger partial charge in [-0.25, -0.2) is 4.90 Å². The molecule has 0 aromatic heterocycles. The molecule has 4 aliphatic rings. The van der Waals surface area contributed by atoms with Crippen molar-refractivity contribution in [1.82, 2.24) is 0 Å². The number of carbonyl (C=O) groups is 2. The van der Waals surface area contributed by atoms with Crippen molar-refractivity contribution >= 4 is 17.5 Å². The first-order chi connectivity index (χ1) is 16.1. The third-order valence-corrected chi connectivity index (χ3v) is 7.92. The first kappa shape index (κ1) is 20.2. The lowest BCUT2D eigenvalue weighted by Crippen LogP contribution is -2.53. The van der Waals surface area contributed by atoms with E-state index in [2.05, 4.69) is 43.3 Å². The van der Waals surface area contributed by atoms with Gasteiger partial charge < -0.3 is 4.74 Å². The predicted molar refractivity (Wildman–Crippen MR) is 127 cm³/mol. The zero-order chi connectivity index (χ0) is 22.7. The monoisotopic (exact) mass is 437 g/mol. The zero-order valence-electron chi connectivity index (χ0n) is 19.0. The van der Waals surface area contributed by atoms with Crippen LogP contribution in [-0.2, 0) is 15.0 Å². The van der Waals surface area contributed by atoms with Gasteiger partial charge >= 0.3 is 0 Å². The van der Waals surface area contributed by atoms with Gasteiger partial charge in [-0.15, -0.1) is 0 Å². The van der Waals surface area contributed by atoms with Gasteiger partial charge in [0, 0.05) is 11.3 Å². The highest BCUT2D eigenvalue weighted by Crippen LogP contribution is 2.65. The van der Waals surface area contributed by atoms with E-state index >= 15 is 0 Å². The molecule has 7 rings (SSSR count). The molecule has 4 heteroatoms. The summed E-state index contributed by atoms with van der Waals surface area (Å²) in [5.74, 6) is -0.545. The fraction of sp³-hybridized carbons (Fsp3) is 0.310. The van der Waals surface area contributed by atoms with Crippen LogP contribution in [0.25, 0.3) is 0 Å². The fourth-order valence-corrected chi connectivity index (χ4v) is 6.74. The molecule has 0 saturated carbocycles. The molecular weight excluding hydrogens is 410 g/mol. The number of amides is 2. The molecule has 1 saturated heterocycles. The molecule has 0 N–H and O–H groups in total. The first-order valence-electron chi connectivity index (χ1n) is 11.9. The summed E-state index contributed by atoms with van der Waals surface area (Å²) in [5.41, 5.74) is 4.85. The van der Waals surface area contributed by atoms with Crippen molar-refractivity contribution in [2.24, 2.45) is 11.8 Å². The van der Waals surface area contributed by atoms with E-state index in [1.54, 1.807) is 0 Å². The van der Waals surface area contributed by atoms with Crippen LogP contribution in [0.1, 0.15) is 54.9 Å². The standard InChI is InChI=1S/C29H27NO3/c1-3-17-33-23-16-10-9-15-22(23)30-27(31)25-24-18-11-5-7-13-20(18)29(4-2,26(25)28(30)32)21-14-8-6-12-19(21)24/h5-16,24-26H,3-4,17H2,1-2H3/t24?,25-,26?,29?/m1/s1. The van der Waals surface area contributed by atoms with E-state index in [1.807, 2.05) is 43.3 Å². The van der Waals surface area contributed by atoms with Crippen molar-refractivity contribution in [2.45, 2.75) is 38.0 Å². The Bertz CT molecular complexity index is 1230. The number of ether oxygens (including phenoxy) is 1. The number of hydrogen-bond donors (Lipinski definition) is 0. The van der Waals surface area contributed by atoms with Crippen molar-refractivity contribution in [3.8, 4) is 5.75 Å². The Morgan fingerprint density at radius 3 is 2.06 bits per heavy atom. The van der Waals surface area contributed by atoms with Gasteiger partial charge in [0.2, 0.25) is 11.8 Å². The molecule has 1 heterocycles. The maximum absolute atomic E-state index is 14.2. The molecule has 0 radical (unpaired) electrons. The van der Waals surface area contributed by atoms with Gasteiger partial charge in [-0.3, -0.25) is 9.59 Å². The van der Waals surface area contributed by atoms with E-state index in [1.165, 1.54) is 27.2 Å². The largest absolute Gasteiger partial charge is 0.491 e. The van der Waals surface area contributed by atoms with Crippen molar-refractivity contribution in [1.29, 1.82) is 0 Å². The van der Waals surface area contributed by atoms with E-state index in [0.717, 1.165) is 12.8 Å². The molecule has 1 unspecified atom stereocenters. The Morgan fingerprint density at radius 1 is 0.818 bits per heavy atom. The smallest absolute Gasteiger partial charge is 0.239 e. The summed E-state index contributed by atoms with van der Waals surface area (Å²) in [6.45, 7) is 4.73. The quantitative estimate of drug-likeness (QED) is 0.500. The van der Waals surface area contributed by atoms with Gasteiger partial charge in [-0.2, -0.15) is 0 Å². The van der Waals surface area contributed by atoms with Crippen LogP contribution in [0.2, 0.25) is 0 Å². The molecule has 1 fully saturated rings. The summed E-state index contributed by atoms with van der Waals surface area (Å²) in [6.07, 6.45) is 1.61. The van der Waals surface area contributed by atoms with Gasteiger partial charge in [-0.1, -0.05) is 74.5 Å². The molecule has 4 nitrogen and oxygen atoms in total. The Hall–Kier alpha value is -3.40. The van der Waals surface area contributed by atoms with Gasteiger partial charge in [0.05, 0.1) is 24.1 Å². The summed E-state index contributed by atoms with van der Waals surface area (Å²) in [6, 6.07) is 24.3.